The molecule has 1 aliphatic heterocycles. The maximum absolute atomic E-state index is 14.7. The zero-order chi connectivity index (χ0) is 27.2. The van der Waals surface area contributed by atoms with Crippen LogP contribution in [0.5, 0.6) is 0 Å². The predicted molar refractivity (Wildman–Crippen MR) is 146 cm³/mol. The van der Waals surface area contributed by atoms with Crippen molar-refractivity contribution in [1.82, 2.24) is 19.8 Å². The summed E-state index contributed by atoms with van der Waals surface area (Å²) in [6.07, 6.45) is 8.66. The molecular weight excluding hydrogens is 487 g/mol. The molecule has 3 heterocycles. The van der Waals surface area contributed by atoms with Gasteiger partial charge < -0.3 is 20.5 Å². The molecule has 10 nitrogen and oxygen atoms in total. The van der Waals surface area contributed by atoms with Gasteiger partial charge in [-0.2, -0.15) is 0 Å². The van der Waals surface area contributed by atoms with Gasteiger partial charge in [-0.25, -0.2) is 20.2 Å². The number of carbonyl (C=O) groups is 2. The number of nitrogens with two attached hydrogens (primary N) is 2. The molecule has 1 aromatic carbocycles. The molecule has 0 unspecified atom stereocenters. The van der Waals surface area contributed by atoms with Gasteiger partial charge in [0.25, 0.3) is 11.7 Å². The second-order valence-corrected chi connectivity index (χ2v) is 8.50. The third kappa shape index (κ3) is 5.04. The van der Waals surface area contributed by atoms with Gasteiger partial charge in [-0.05, 0) is 19.2 Å². The lowest BCUT2D eigenvalue weighted by Crippen LogP contribution is -2.50. The van der Waals surface area contributed by atoms with Crippen LogP contribution in [0.3, 0.4) is 0 Å². The molecule has 0 bridgehead atoms. The van der Waals surface area contributed by atoms with Gasteiger partial charge in [-0.15, -0.1) is 0 Å². The lowest BCUT2D eigenvalue weighted by atomic mass is 10.0. The Labute approximate surface area is 219 Å². The van der Waals surface area contributed by atoms with E-state index in [9.17, 15) is 14.0 Å². The van der Waals surface area contributed by atoms with E-state index in [-0.39, 0.29) is 35.4 Å². The summed E-state index contributed by atoms with van der Waals surface area (Å²) >= 11 is 0. The van der Waals surface area contributed by atoms with Gasteiger partial charge in [-0.3, -0.25) is 14.6 Å². The Bertz CT molecular complexity index is 1440. The molecule has 38 heavy (non-hydrogen) atoms. The standard InChI is InChI=1S/C27H29FN8O2/c1-3-7-19(18-8-5-4-6-9-18)25(31-2)34-12-14-35(15-13-34)27(38)24(37)20-16-32-23-22(20)21(28)17-33-26(23)36(30)11-10-29/h3-11,16-17,32H,2,12-15,29-30H2,1H3/b7-3-,11-10-,25-19-. The molecule has 0 atom stereocenters. The highest BCUT2D eigenvalue weighted by Crippen LogP contribution is 2.29. The van der Waals surface area contributed by atoms with E-state index in [1.165, 1.54) is 23.5 Å². The summed E-state index contributed by atoms with van der Waals surface area (Å²) in [5.74, 6) is 4.44. The monoisotopic (exact) mass is 516 g/mol. The van der Waals surface area contributed by atoms with Crippen LogP contribution in [0.4, 0.5) is 10.2 Å². The van der Waals surface area contributed by atoms with Crippen LogP contribution in [0.1, 0.15) is 22.8 Å². The minimum absolute atomic E-state index is 0.0622. The van der Waals surface area contributed by atoms with E-state index in [1.54, 1.807) is 0 Å². The number of carbonyl (C=O) groups excluding carboxylic acids is 2. The molecule has 4 rings (SSSR count). The van der Waals surface area contributed by atoms with Crippen LogP contribution in [0.25, 0.3) is 16.5 Å². The number of pyridine rings is 1. The SMILES string of the molecule is C=N/C(=C(\C=C/C)c1ccccc1)N1CCN(C(=O)C(=O)c2c[nH]c3c(N(N)/C=C\N)ncc(F)c23)CC1. The Hall–Kier alpha value is -4.77. The van der Waals surface area contributed by atoms with Crippen molar-refractivity contribution in [2.45, 2.75) is 6.92 Å². The number of allylic oxidation sites excluding steroid dienone is 3. The van der Waals surface area contributed by atoms with Crippen LogP contribution in [-0.4, -0.2) is 64.4 Å². The maximum Gasteiger partial charge on any atom is 0.295 e. The summed E-state index contributed by atoms with van der Waals surface area (Å²) in [4.78, 5) is 40.9. The van der Waals surface area contributed by atoms with E-state index in [4.69, 9.17) is 11.6 Å². The van der Waals surface area contributed by atoms with Crippen molar-refractivity contribution < 1.29 is 14.0 Å². The van der Waals surface area contributed by atoms with Gasteiger partial charge >= 0.3 is 0 Å². The molecule has 2 aromatic heterocycles. The minimum atomic E-state index is -0.824. The number of benzene rings is 1. The Morgan fingerprint density at radius 1 is 1.18 bits per heavy atom. The summed E-state index contributed by atoms with van der Waals surface area (Å²) in [6.45, 7) is 7.17. The largest absolute Gasteiger partial charge is 0.403 e. The number of rotatable bonds is 8. The van der Waals surface area contributed by atoms with Gasteiger partial charge in [0.1, 0.15) is 5.82 Å². The van der Waals surface area contributed by atoms with Crippen molar-refractivity contribution in [3.05, 3.63) is 90.0 Å². The number of Topliss-reactive ketones (excluding diaryl/α,β-unsaturated/α-hetero) is 1. The molecule has 1 amide bonds. The van der Waals surface area contributed by atoms with Gasteiger partial charge in [0, 0.05) is 50.3 Å². The lowest BCUT2D eigenvalue weighted by molar-refractivity contribution is -0.127. The molecule has 1 fully saturated rings. The molecule has 196 valence electrons. The first-order valence-corrected chi connectivity index (χ1v) is 12.0. The number of aromatic nitrogens is 2. The van der Waals surface area contributed by atoms with Crippen LogP contribution < -0.4 is 16.6 Å². The minimum Gasteiger partial charge on any atom is -0.403 e. The number of aliphatic imine (C=N–C) groups is 1. The first-order chi connectivity index (χ1) is 18.4. The van der Waals surface area contributed by atoms with E-state index >= 15 is 0 Å². The van der Waals surface area contributed by atoms with Crippen LogP contribution in [0.2, 0.25) is 0 Å². The number of ketones is 1. The molecule has 3 aromatic rings. The number of piperazine rings is 1. The fourth-order valence-corrected chi connectivity index (χ4v) is 4.45. The number of H-pyrrole nitrogens is 1. The zero-order valence-corrected chi connectivity index (χ0v) is 21.0. The van der Waals surface area contributed by atoms with E-state index in [2.05, 4.69) is 21.7 Å². The molecule has 1 aliphatic rings. The highest BCUT2D eigenvalue weighted by atomic mass is 19.1. The third-order valence-electron chi connectivity index (χ3n) is 6.25. The average Bonchev–Trinajstić information content (AvgIpc) is 3.39. The second kappa shape index (κ2) is 11.5. The molecule has 0 radical (unpaired) electrons. The molecule has 1 saturated heterocycles. The van der Waals surface area contributed by atoms with Crippen LogP contribution in [0.15, 0.2) is 78.1 Å². The van der Waals surface area contributed by atoms with Gasteiger partial charge in [0.2, 0.25) is 0 Å². The van der Waals surface area contributed by atoms with Crippen molar-refractivity contribution in [1.29, 1.82) is 0 Å². The number of amides is 1. The number of nitrogens with zero attached hydrogens (tertiary/aromatic N) is 5. The third-order valence-corrected chi connectivity index (χ3v) is 6.25. The van der Waals surface area contributed by atoms with E-state index in [0.29, 0.717) is 18.9 Å². The number of nitrogens with one attached hydrogen (secondary N) is 1. The fraction of sp³-hybridized carbons (Fsp3) is 0.185. The molecule has 5 N–H and O–H groups in total. The van der Waals surface area contributed by atoms with Crippen molar-refractivity contribution in [2.24, 2.45) is 16.6 Å². The number of hydrogen-bond donors (Lipinski definition) is 3. The van der Waals surface area contributed by atoms with Crippen LogP contribution in [0, 0.1) is 5.82 Å². The van der Waals surface area contributed by atoms with Crippen molar-refractivity contribution in [3.63, 3.8) is 0 Å². The number of hydrazine groups is 1. The number of fused-ring (bicyclic) bond motifs is 1. The highest BCUT2D eigenvalue weighted by Gasteiger charge is 2.31. The smallest absolute Gasteiger partial charge is 0.295 e. The summed E-state index contributed by atoms with van der Waals surface area (Å²) in [5, 5.41) is 1.02. The maximum atomic E-state index is 14.7. The second-order valence-electron chi connectivity index (χ2n) is 8.50. The van der Waals surface area contributed by atoms with Gasteiger partial charge in [0.15, 0.2) is 11.6 Å². The number of anilines is 1. The summed E-state index contributed by atoms with van der Waals surface area (Å²) in [7, 11) is 0. The molecule has 0 aliphatic carbocycles. The molecule has 11 heteroatoms. The van der Waals surface area contributed by atoms with E-state index < -0.39 is 17.5 Å². The molecule has 0 spiro atoms. The van der Waals surface area contributed by atoms with Crippen LogP contribution >= 0.6 is 0 Å². The molecule has 0 saturated carbocycles. The van der Waals surface area contributed by atoms with Crippen molar-refractivity contribution >= 4 is 40.7 Å². The molecular formula is C27H29FN8O2. The fourth-order valence-electron chi connectivity index (χ4n) is 4.45. The highest BCUT2D eigenvalue weighted by molar-refractivity contribution is 6.45. The Morgan fingerprint density at radius 3 is 2.50 bits per heavy atom. The number of hydrogen-bond acceptors (Lipinski definition) is 8. The number of halogens is 1. The van der Waals surface area contributed by atoms with E-state index in [0.717, 1.165) is 22.3 Å². The zero-order valence-electron chi connectivity index (χ0n) is 21.0. The number of aromatic amines is 1. The van der Waals surface area contributed by atoms with Crippen molar-refractivity contribution in [2.75, 3.05) is 31.2 Å². The van der Waals surface area contributed by atoms with E-state index in [1.807, 2.05) is 54.3 Å². The first-order valence-electron chi connectivity index (χ1n) is 12.0. The van der Waals surface area contributed by atoms with Gasteiger partial charge in [0.05, 0.1) is 22.7 Å². The summed E-state index contributed by atoms with van der Waals surface area (Å²) < 4.78 is 14.7. The summed E-state index contributed by atoms with van der Waals surface area (Å²) in [5.41, 5.74) is 7.37. The Balaban J connectivity index is 1.55. The average molecular weight is 517 g/mol. The first kappa shape index (κ1) is 26.3. The van der Waals surface area contributed by atoms with Gasteiger partial charge in [-0.1, -0.05) is 42.5 Å². The lowest BCUT2D eigenvalue weighted by Gasteiger charge is -2.36. The predicted octanol–water partition coefficient (Wildman–Crippen LogP) is 2.78. The Morgan fingerprint density at radius 2 is 1.87 bits per heavy atom. The van der Waals surface area contributed by atoms with Crippen molar-refractivity contribution in [3.8, 4) is 0 Å². The quantitative estimate of drug-likeness (QED) is 0.105. The Kier molecular flexibility index (Phi) is 7.97. The summed E-state index contributed by atoms with van der Waals surface area (Å²) in [6, 6.07) is 9.84. The topological polar surface area (TPSA) is 137 Å². The normalized spacial score (nSPS) is 14.8. The van der Waals surface area contributed by atoms with Crippen LogP contribution in [-0.2, 0) is 4.79 Å².